The first kappa shape index (κ1) is 18.9. The zero-order valence-electron chi connectivity index (χ0n) is 14.4. The molecular weight excluding hydrogens is 338 g/mol. The molecule has 26 heavy (non-hydrogen) atoms. The molecule has 2 aromatic rings. The maximum Gasteiger partial charge on any atom is 0.280 e. The van der Waals surface area contributed by atoms with Gasteiger partial charge in [0.05, 0.1) is 17.7 Å². The van der Waals surface area contributed by atoms with Gasteiger partial charge in [-0.1, -0.05) is 12.1 Å². The van der Waals surface area contributed by atoms with E-state index in [0.29, 0.717) is 18.1 Å². The van der Waals surface area contributed by atoms with Crippen molar-refractivity contribution in [3.63, 3.8) is 0 Å². The molecule has 0 bridgehead atoms. The molecule has 1 atom stereocenters. The highest BCUT2D eigenvalue weighted by molar-refractivity contribution is 5.86. The van der Waals surface area contributed by atoms with Crippen molar-refractivity contribution in [1.82, 2.24) is 5.43 Å². The summed E-state index contributed by atoms with van der Waals surface area (Å²) in [7, 11) is 0. The molecule has 1 N–H and O–H groups in total. The highest BCUT2D eigenvalue weighted by Gasteiger charge is 2.14. The summed E-state index contributed by atoms with van der Waals surface area (Å²) in [5.74, 6) is 0.570. The summed E-state index contributed by atoms with van der Waals surface area (Å²) in [5.41, 5.74) is 3.08. The Morgan fingerprint density at radius 3 is 2.62 bits per heavy atom. The molecule has 2 rings (SSSR count). The van der Waals surface area contributed by atoms with Gasteiger partial charge in [0.25, 0.3) is 11.6 Å². The minimum Gasteiger partial charge on any atom is -0.493 e. The van der Waals surface area contributed by atoms with Crippen LogP contribution in [0.2, 0.25) is 0 Å². The lowest BCUT2D eigenvalue weighted by atomic mass is 10.2. The van der Waals surface area contributed by atoms with Gasteiger partial charge in [0.1, 0.15) is 11.5 Å². The third-order valence-electron chi connectivity index (χ3n) is 3.33. The highest BCUT2D eigenvalue weighted by Crippen LogP contribution is 2.18. The number of amides is 1. The Bertz CT molecular complexity index is 790. The largest absolute Gasteiger partial charge is 0.493 e. The van der Waals surface area contributed by atoms with Crippen molar-refractivity contribution >= 4 is 17.8 Å². The van der Waals surface area contributed by atoms with Crippen molar-refractivity contribution in [3.8, 4) is 11.5 Å². The van der Waals surface area contributed by atoms with Crippen LogP contribution < -0.4 is 14.9 Å². The Hall–Kier alpha value is -3.42. The average molecular weight is 357 g/mol. The molecule has 0 saturated carbocycles. The molecular formula is C18H19N3O5. The van der Waals surface area contributed by atoms with Gasteiger partial charge < -0.3 is 9.47 Å². The first-order valence-corrected chi connectivity index (χ1v) is 7.97. The molecule has 8 nitrogen and oxygen atoms in total. The fraction of sp³-hybridized carbons (Fsp3) is 0.222. The van der Waals surface area contributed by atoms with Crippen LogP contribution in [0.1, 0.15) is 19.4 Å². The SMILES string of the molecule is CCOc1ccccc1/C=N/NC(=O)C(C)Oc1ccc([N+](=O)[O-])cc1. The standard InChI is InChI=1S/C18H19N3O5/c1-3-25-17-7-5-4-6-14(17)12-19-20-18(22)13(2)26-16-10-8-15(9-11-16)21(23)24/h4-13H,3H2,1-2H3,(H,20,22)/b19-12+. The lowest BCUT2D eigenvalue weighted by Crippen LogP contribution is -2.33. The number of non-ortho nitro benzene ring substituents is 1. The van der Waals surface area contributed by atoms with Crippen molar-refractivity contribution in [2.45, 2.75) is 20.0 Å². The summed E-state index contributed by atoms with van der Waals surface area (Å²) in [4.78, 5) is 22.1. The van der Waals surface area contributed by atoms with Gasteiger partial charge in [-0.2, -0.15) is 5.10 Å². The average Bonchev–Trinajstić information content (AvgIpc) is 2.63. The molecule has 0 aromatic heterocycles. The Labute approximate surface area is 150 Å². The van der Waals surface area contributed by atoms with E-state index in [4.69, 9.17) is 9.47 Å². The molecule has 0 saturated heterocycles. The van der Waals surface area contributed by atoms with E-state index in [1.807, 2.05) is 31.2 Å². The number of nitro benzene ring substituents is 1. The van der Waals surface area contributed by atoms with Crippen molar-refractivity contribution < 1.29 is 19.2 Å². The number of benzene rings is 2. The van der Waals surface area contributed by atoms with Crippen LogP contribution >= 0.6 is 0 Å². The fourth-order valence-corrected chi connectivity index (χ4v) is 2.03. The molecule has 0 radical (unpaired) electrons. The number of ether oxygens (including phenoxy) is 2. The number of hydrazone groups is 1. The molecule has 0 fully saturated rings. The minimum absolute atomic E-state index is 0.0491. The number of carbonyl (C=O) groups is 1. The molecule has 2 aromatic carbocycles. The van der Waals surface area contributed by atoms with E-state index >= 15 is 0 Å². The Morgan fingerprint density at radius 2 is 1.96 bits per heavy atom. The Morgan fingerprint density at radius 1 is 1.27 bits per heavy atom. The van der Waals surface area contributed by atoms with E-state index in [2.05, 4.69) is 10.5 Å². The van der Waals surface area contributed by atoms with Crippen LogP contribution in [-0.4, -0.2) is 29.8 Å². The van der Waals surface area contributed by atoms with Gasteiger partial charge in [-0.05, 0) is 38.1 Å². The van der Waals surface area contributed by atoms with Crippen molar-refractivity contribution in [2.24, 2.45) is 5.10 Å². The van der Waals surface area contributed by atoms with Gasteiger partial charge in [-0.15, -0.1) is 0 Å². The number of hydrogen-bond acceptors (Lipinski definition) is 6. The van der Waals surface area contributed by atoms with E-state index in [0.717, 1.165) is 5.56 Å². The van der Waals surface area contributed by atoms with Crippen molar-refractivity contribution in [3.05, 3.63) is 64.2 Å². The molecule has 1 amide bonds. The maximum atomic E-state index is 12.0. The van der Waals surface area contributed by atoms with E-state index in [9.17, 15) is 14.9 Å². The van der Waals surface area contributed by atoms with Gasteiger partial charge in [-0.3, -0.25) is 14.9 Å². The second-order valence-corrected chi connectivity index (χ2v) is 5.22. The van der Waals surface area contributed by atoms with Gasteiger partial charge in [0.15, 0.2) is 6.10 Å². The second-order valence-electron chi connectivity index (χ2n) is 5.22. The first-order valence-electron chi connectivity index (χ1n) is 7.97. The number of rotatable bonds is 8. The zero-order valence-corrected chi connectivity index (χ0v) is 14.4. The lowest BCUT2D eigenvalue weighted by Gasteiger charge is -2.12. The van der Waals surface area contributed by atoms with E-state index in [1.54, 1.807) is 6.92 Å². The number of nitrogens with zero attached hydrogens (tertiary/aromatic N) is 2. The predicted octanol–water partition coefficient (Wildman–Crippen LogP) is 2.91. The summed E-state index contributed by atoms with van der Waals surface area (Å²) in [6, 6.07) is 12.8. The van der Waals surface area contributed by atoms with E-state index in [-0.39, 0.29) is 5.69 Å². The third-order valence-corrected chi connectivity index (χ3v) is 3.33. The van der Waals surface area contributed by atoms with Gasteiger partial charge in [0, 0.05) is 17.7 Å². The molecule has 0 aliphatic heterocycles. The molecule has 8 heteroatoms. The highest BCUT2D eigenvalue weighted by atomic mass is 16.6. The Kier molecular flexibility index (Phi) is 6.67. The topological polar surface area (TPSA) is 103 Å². The van der Waals surface area contributed by atoms with Crippen LogP contribution in [0.25, 0.3) is 0 Å². The monoisotopic (exact) mass is 357 g/mol. The second kappa shape index (κ2) is 9.16. The van der Waals surface area contributed by atoms with Crippen molar-refractivity contribution in [1.29, 1.82) is 0 Å². The summed E-state index contributed by atoms with van der Waals surface area (Å²) >= 11 is 0. The molecule has 136 valence electrons. The molecule has 0 aliphatic rings. The van der Waals surface area contributed by atoms with Crippen LogP contribution in [-0.2, 0) is 4.79 Å². The smallest absolute Gasteiger partial charge is 0.280 e. The van der Waals surface area contributed by atoms with Crippen LogP contribution in [0.15, 0.2) is 53.6 Å². The summed E-state index contributed by atoms with van der Waals surface area (Å²) < 4.78 is 10.9. The van der Waals surface area contributed by atoms with Gasteiger partial charge in [0.2, 0.25) is 0 Å². The summed E-state index contributed by atoms with van der Waals surface area (Å²) in [5, 5.41) is 14.5. The number of carbonyl (C=O) groups excluding carboxylic acids is 1. The minimum atomic E-state index is -0.823. The summed E-state index contributed by atoms with van der Waals surface area (Å²) in [6.45, 7) is 3.96. The predicted molar refractivity (Wildman–Crippen MR) is 96.5 cm³/mol. The maximum absolute atomic E-state index is 12.0. The zero-order chi connectivity index (χ0) is 18.9. The molecule has 0 aliphatic carbocycles. The number of nitro groups is 1. The number of nitrogens with one attached hydrogen (secondary N) is 1. The third kappa shape index (κ3) is 5.30. The fourth-order valence-electron chi connectivity index (χ4n) is 2.03. The summed E-state index contributed by atoms with van der Waals surface area (Å²) in [6.07, 6.45) is 0.664. The quantitative estimate of drug-likeness (QED) is 0.444. The number of para-hydroxylation sites is 1. The van der Waals surface area contributed by atoms with Crippen molar-refractivity contribution in [2.75, 3.05) is 6.61 Å². The first-order chi connectivity index (χ1) is 12.5. The number of hydrogen-bond donors (Lipinski definition) is 1. The van der Waals surface area contributed by atoms with Crippen LogP contribution in [0.5, 0.6) is 11.5 Å². The van der Waals surface area contributed by atoms with Gasteiger partial charge in [-0.25, -0.2) is 5.43 Å². The lowest BCUT2D eigenvalue weighted by molar-refractivity contribution is -0.384. The molecule has 0 spiro atoms. The Balaban J connectivity index is 1.91. The molecule has 0 heterocycles. The molecule has 1 unspecified atom stereocenters. The van der Waals surface area contributed by atoms with E-state index in [1.165, 1.54) is 30.5 Å². The van der Waals surface area contributed by atoms with Crippen LogP contribution in [0, 0.1) is 10.1 Å². The van der Waals surface area contributed by atoms with Crippen LogP contribution in [0.4, 0.5) is 5.69 Å². The van der Waals surface area contributed by atoms with Gasteiger partial charge >= 0.3 is 0 Å². The van der Waals surface area contributed by atoms with Crippen LogP contribution in [0.3, 0.4) is 0 Å². The normalized spacial score (nSPS) is 11.8. The van der Waals surface area contributed by atoms with E-state index < -0.39 is 16.9 Å².